The maximum atomic E-state index is 6.43. The van der Waals surface area contributed by atoms with Crippen molar-refractivity contribution in [1.29, 1.82) is 0 Å². The fourth-order valence-corrected chi connectivity index (χ4v) is 3.45. The van der Waals surface area contributed by atoms with E-state index in [0.29, 0.717) is 0 Å². The molecule has 102 valence electrons. The van der Waals surface area contributed by atoms with Gasteiger partial charge in [0.15, 0.2) is 0 Å². The number of rotatable bonds is 3. The lowest BCUT2D eigenvalue weighted by atomic mass is 10.0. The van der Waals surface area contributed by atoms with E-state index in [1.54, 1.807) is 11.3 Å². The van der Waals surface area contributed by atoms with Gasteiger partial charge in [-0.3, -0.25) is 4.98 Å². The Kier molecular flexibility index (Phi) is 3.51. The zero-order chi connectivity index (χ0) is 14.1. The molecule has 0 fully saturated rings. The van der Waals surface area contributed by atoms with Crippen LogP contribution in [0.25, 0.3) is 10.9 Å². The highest BCUT2D eigenvalue weighted by Crippen LogP contribution is 2.29. The molecule has 3 nitrogen and oxygen atoms in total. The number of thiazole rings is 1. The van der Waals surface area contributed by atoms with E-state index in [4.69, 9.17) is 5.73 Å². The molecule has 0 saturated carbocycles. The van der Waals surface area contributed by atoms with Crippen molar-refractivity contribution in [2.75, 3.05) is 0 Å². The summed E-state index contributed by atoms with van der Waals surface area (Å²) in [5.74, 6) is 0. The maximum absolute atomic E-state index is 6.43. The summed E-state index contributed by atoms with van der Waals surface area (Å²) in [6, 6.07) is 9.92. The number of aromatic nitrogens is 2. The summed E-state index contributed by atoms with van der Waals surface area (Å²) in [6.07, 6.45) is 2.76. The molecule has 3 rings (SSSR count). The van der Waals surface area contributed by atoms with E-state index in [1.165, 1.54) is 4.88 Å². The highest BCUT2D eigenvalue weighted by Gasteiger charge is 2.17. The van der Waals surface area contributed by atoms with Gasteiger partial charge in [-0.25, -0.2) is 4.98 Å². The molecule has 3 aromatic rings. The quantitative estimate of drug-likeness (QED) is 0.799. The molecule has 0 saturated heterocycles. The molecule has 0 aliphatic heterocycles. The van der Waals surface area contributed by atoms with Gasteiger partial charge in [-0.15, -0.1) is 11.3 Å². The summed E-state index contributed by atoms with van der Waals surface area (Å²) in [5, 5.41) is 2.09. The van der Waals surface area contributed by atoms with Crippen molar-refractivity contribution in [1.82, 2.24) is 9.97 Å². The number of hydrogen-bond acceptors (Lipinski definition) is 4. The molecule has 0 amide bonds. The van der Waals surface area contributed by atoms with Gasteiger partial charge >= 0.3 is 0 Å². The van der Waals surface area contributed by atoms with Crippen LogP contribution in [-0.2, 0) is 6.42 Å². The van der Waals surface area contributed by atoms with E-state index in [2.05, 4.69) is 35.9 Å². The number of pyridine rings is 1. The van der Waals surface area contributed by atoms with E-state index < -0.39 is 0 Å². The molecule has 0 spiro atoms. The lowest BCUT2D eigenvalue weighted by Crippen LogP contribution is -2.12. The van der Waals surface area contributed by atoms with Crippen LogP contribution in [0.4, 0.5) is 0 Å². The van der Waals surface area contributed by atoms with E-state index in [0.717, 1.165) is 33.6 Å². The molecular formula is C16H17N3S. The van der Waals surface area contributed by atoms with E-state index in [-0.39, 0.29) is 6.04 Å². The zero-order valence-corrected chi connectivity index (χ0v) is 12.4. The fraction of sp³-hybridized carbons (Fsp3) is 0.250. The standard InChI is InChI=1S/C16H17N3S/c1-3-13-10(2)20-16(19-13)14(17)12-8-4-6-11-7-5-9-18-15(11)12/h4-9,14H,3,17H2,1-2H3. The summed E-state index contributed by atoms with van der Waals surface area (Å²) in [4.78, 5) is 10.4. The molecule has 2 aromatic heterocycles. The average Bonchev–Trinajstić information content (AvgIpc) is 2.87. The largest absolute Gasteiger partial charge is 0.318 e. The van der Waals surface area contributed by atoms with Crippen molar-refractivity contribution in [2.24, 2.45) is 5.73 Å². The predicted octanol–water partition coefficient (Wildman–Crippen LogP) is 3.61. The summed E-state index contributed by atoms with van der Waals surface area (Å²) < 4.78 is 0. The zero-order valence-electron chi connectivity index (χ0n) is 11.6. The second-order valence-electron chi connectivity index (χ2n) is 4.81. The lowest BCUT2D eigenvalue weighted by Gasteiger charge is -2.11. The van der Waals surface area contributed by atoms with Gasteiger partial charge in [-0.2, -0.15) is 0 Å². The molecule has 0 aliphatic rings. The summed E-state index contributed by atoms with van der Waals surface area (Å²) >= 11 is 1.69. The molecule has 0 bridgehead atoms. The minimum atomic E-state index is -0.211. The summed E-state index contributed by atoms with van der Waals surface area (Å²) in [6.45, 7) is 4.23. The van der Waals surface area contributed by atoms with Crippen LogP contribution >= 0.6 is 11.3 Å². The molecule has 2 N–H and O–H groups in total. The van der Waals surface area contributed by atoms with Crippen molar-refractivity contribution in [3.05, 3.63) is 57.7 Å². The summed E-state index contributed by atoms with van der Waals surface area (Å²) in [5.41, 5.74) is 9.58. The van der Waals surface area contributed by atoms with Gasteiger partial charge in [-0.1, -0.05) is 31.2 Å². The second-order valence-corrected chi connectivity index (χ2v) is 6.04. The van der Waals surface area contributed by atoms with Gasteiger partial charge < -0.3 is 5.73 Å². The minimum Gasteiger partial charge on any atom is -0.318 e. The van der Waals surface area contributed by atoms with Gasteiger partial charge in [0, 0.05) is 22.0 Å². The Bertz CT molecular complexity index is 743. The maximum Gasteiger partial charge on any atom is 0.115 e. The van der Waals surface area contributed by atoms with Crippen LogP contribution in [0.3, 0.4) is 0 Å². The predicted molar refractivity (Wildman–Crippen MR) is 84.0 cm³/mol. The Hall–Kier alpha value is -1.78. The molecule has 0 aliphatic carbocycles. The number of para-hydroxylation sites is 1. The molecule has 2 heterocycles. The van der Waals surface area contributed by atoms with Crippen LogP contribution < -0.4 is 5.73 Å². The topological polar surface area (TPSA) is 51.8 Å². The van der Waals surface area contributed by atoms with Crippen molar-refractivity contribution in [3.8, 4) is 0 Å². The monoisotopic (exact) mass is 283 g/mol. The van der Waals surface area contributed by atoms with Crippen LogP contribution in [0.1, 0.15) is 34.1 Å². The highest BCUT2D eigenvalue weighted by molar-refractivity contribution is 7.11. The van der Waals surface area contributed by atoms with E-state index in [1.807, 2.05) is 24.4 Å². The number of benzene rings is 1. The number of nitrogens with zero attached hydrogens (tertiary/aromatic N) is 2. The van der Waals surface area contributed by atoms with Crippen LogP contribution in [0.5, 0.6) is 0 Å². The van der Waals surface area contributed by atoms with Gasteiger partial charge in [-0.05, 0) is 19.4 Å². The first-order valence-corrected chi connectivity index (χ1v) is 7.57. The highest BCUT2D eigenvalue weighted by atomic mass is 32.1. The first-order chi connectivity index (χ1) is 9.70. The average molecular weight is 283 g/mol. The number of aryl methyl sites for hydroxylation is 2. The first-order valence-electron chi connectivity index (χ1n) is 6.76. The summed E-state index contributed by atoms with van der Waals surface area (Å²) in [7, 11) is 0. The number of fused-ring (bicyclic) bond motifs is 1. The Morgan fingerprint density at radius 1 is 1.25 bits per heavy atom. The van der Waals surface area contributed by atoms with Crippen LogP contribution in [0.15, 0.2) is 36.5 Å². The van der Waals surface area contributed by atoms with E-state index >= 15 is 0 Å². The Morgan fingerprint density at radius 2 is 2.05 bits per heavy atom. The Labute approximate surface area is 122 Å². The minimum absolute atomic E-state index is 0.211. The van der Waals surface area contributed by atoms with Crippen LogP contribution in [0, 0.1) is 6.92 Å². The van der Waals surface area contributed by atoms with Crippen molar-refractivity contribution >= 4 is 22.2 Å². The van der Waals surface area contributed by atoms with Crippen molar-refractivity contribution in [2.45, 2.75) is 26.3 Å². The SMILES string of the molecule is CCc1nc(C(N)c2cccc3cccnc23)sc1C. The van der Waals surface area contributed by atoms with Crippen molar-refractivity contribution < 1.29 is 0 Å². The van der Waals surface area contributed by atoms with E-state index in [9.17, 15) is 0 Å². The molecule has 1 unspecified atom stereocenters. The fourth-order valence-electron chi connectivity index (χ4n) is 2.42. The van der Waals surface area contributed by atoms with Crippen LogP contribution in [0.2, 0.25) is 0 Å². The van der Waals surface area contributed by atoms with Crippen LogP contribution in [-0.4, -0.2) is 9.97 Å². The molecule has 0 radical (unpaired) electrons. The first kappa shape index (κ1) is 13.2. The lowest BCUT2D eigenvalue weighted by molar-refractivity contribution is 0.849. The molecule has 4 heteroatoms. The Morgan fingerprint density at radius 3 is 2.80 bits per heavy atom. The third-order valence-corrected chi connectivity index (χ3v) is 4.61. The molecular weight excluding hydrogens is 266 g/mol. The molecule has 1 atom stereocenters. The van der Waals surface area contributed by atoms with Gasteiger partial charge in [0.05, 0.1) is 17.3 Å². The van der Waals surface area contributed by atoms with Gasteiger partial charge in [0.2, 0.25) is 0 Å². The second kappa shape index (κ2) is 5.31. The third kappa shape index (κ3) is 2.21. The van der Waals surface area contributed by atoms with Gasteiger partial charge in [0.25, 0.3) is 0 Å². The normalized spacial score (nSPS) is 12.8. The Balaban J connectivity index is 2.10. The molecule has 1 aromatic carbocycles. The number of nitrogens with two attached hydrogens (primary N) is 1. The third-order valence-electron chi connectivity index (χ3n) is 3.51. The molecule has 20 heavy (non-hydrogen) atoms. The smallest absolute Gasteiger partial charge is 0.115 e. The van der Waals surface area contributed by atoms with Crippen molar-refractivity contribution in [3.63, 3.8) is 0 Å². The number of hydrogen-bond donors (Lipinski definition) is 1. The van der Waals surface area contributed by atoms with Gasteiger partial charge in [0.1, 0.15) is 5.01 Å².